The van der Waals surface area contributed by atoms with Crippen molar-refractivity contribution in [3.63, 3.8) is 0 Å². The molecule has 0 bridgehead atoms. The number of hydrogen-bond donors (Lipinski definition) is 0. The highest BCUT2D eigenvalue weighted by Crippen LogP contribution is 2.55. The van der Waals surface area contributed by atoms with Gasteiger partial charge in [0, 0.05) is 26.5 Å². The molecule has 0 atom stereocenters. The molecule has 0 saturated carbocycles. The van der Waals surface area contributed by atoms with E-state index in [1.54, 1.807) is 14.2 Å². The van der Waals surface area contributed by atoms with Gasteiger partial charge in [0.1, 0.15) is 40.8 Å². The molecule has 0 aliphatic heterocycles. The minimum Gasteiger partial charge on any atom is -0.497 e. The molecule has 0 fully saturated rings. The molecule has 0 unspecified atom stereocenters. The number of methoxy groups -OCH3 is 2. The minimum absolute atomic E-state index is 0.678. The Hall–Kier alpha value is -3.46. The topological polar surface area (TPSA) is 40.0 Å². The molecule has 4 nitrogen and oxygen atoms in total. The van der Waals surface area contributed by atoms with E-state index in [9.17, 15) is 0 Å². The average Bonchev–Trinajstić information content (AvgIpc) is 2.95. The Morgan fingerprint density at radius 3 is 1.50 bits per heavy atom. The lowest BCUT2D eigenvalue weighted by molar-refractivity contribution is -0.197. The second kappa shape index (κ2) is 11.5. The highest BCUT2D eigenvalue weighted by atomic mass is 31.2. The molecule has 0 aliphatic rings. The van der Waals surface area contributed by atoms with Crippen molar-refractivity contribution >= 4 is 28.9 Å². The van der Waals surface area contributed by atoms with Gasteiger partial charge in [-0.05, 0) is 60.7 Å². The molecule has 0 heterocycles. The fourth-order valence-electron chi connectivity index (χ4n) is 4.15. The van der Waals surface area contributed by atoms with Gasteiger partial charge in [0.2, 0.25) is 5.79 Å². The van der Waals surface area contributed by atoms with Gasteiger partial charge < -0.3 is 14.3 Å². The normalized spacial score (nSPS) is 12.3. The molecule has 4 aromatic rings. The van der Waals surface area contributed by atoms with Crippen LogP contribution in [0.1, 0.15) is 19.4 Å². The van der Waals surface area contributed by atoms with Gasteiger partial charge in [0.15, 0.2) is 0 Å². The first-order valence-electron chi connectivity index (χ1n) is 12.0. The van der Waals surface area contributed by atoms with Crippen molar-refractivity contribution in [2.24, 2.45) is 5.16 Å². The first kappa shape index (κ1) is 25.6. The Kier molecular flexibility index (Phi) is 8.20. The van der Waals surface area contributed by atoms with E-state index >= 15 is 0 Å². The van der Waals surface area contributed by atoms with Crippen LogP contribution in [0.4, 0.5) is 0 Å². The van der Waals surface area contributed by atoms with E-state index in [0.717, 1.165) is 17.0 Å². The molecule has 0 radical (unpaired) electrons. The van der Waals surface area contributed by atoms with E-state index in [2.05, 4.69) is 91.0 Å². The first-order valence-corrected chi connectivity index (χ1v) is 14.0. The van der Waals surface area contributed by atoms with Gasteiger partial charge in [-0.1, -0.05) is 59.8 Å². The molecule has 0 N–H and O–H groups in total. The predicted molar refractivity (Wildman–Crippen MR) is 152 cm³/mol. The van der Waals surface area contributed by atoms with Crippen LogP contribution in [0.3, 0.4) is 0 Å². The van der Waals surface area contributed by atoms with Crippen LogP contribution in [0.5, 0.6) is 5.75 Å². The molecule has 184 valence electrons. The Bertz CT molecular complexity index is 1160. The van der Waals surface area contributed by atoms with Crippen LogP contribution >= 0.6 is 7.26 Å². The molecule has 0 spiro atoms. The maximum atomic E-state index is 5.96. The molecular weight excluding hydrogens is 465 g/mol. The second-order valence-electron chi connectivity index (χ2n) is 8.94. The smallest absolute Gasteiger partial charge is 0.230 e. The molecule has 4 rings (SSSR count). The molecule has 0 aliphatic carbocycles. The Morgan fingerprint density at radius 1 is 0.667 bits per heavy atom. The minimum atomic E-state index is -2.17. The van der Waals surface area contributed by atoms with Crippen LogP contribution in [0.2, 0.25) is 0 Å². The quantitative estimate of drug-likeness (QED) is 0.120. The average molecular weight is 499 g/mol. The Morgan fingerprint density at radius 2 is 1.11 bits per heavy atom. The molecule has 4 aromatic carbocycles. The van der Waals surface area contributed by atoms with Crippen molar-refractivity contribution in [3.8, 4) is 5.75 Å². The maximum absolute atomic E-state index is 5.96. The number of rotatable bonds is 10. The summed E-state index contributed by atoms with van der Waals surface area (Å²) in [5.41, 5.74) is 1.84. The lowest BCUT2D eigenvalue weighted by Gasteiger charge is -2.28. The first-order chi connectivity index (χ1) is 17.5. The van der Waals surface area contributed by atoms with Crippen LogP contribution in [-0.4, -0.2) is 31.9 Å². The largest absolute Gasteiger partial charge is 0.497 e. The third-order valence-corrected chi connectivity index (χ3v) is 10.6. The van der Waals surface area contributed by atoms with Gasteiger partial charge in [-0.15, -0.1) is 0 Å². The lowest BCUT2D eigenvalue weighted by atomic mass is 10.1. The summed E-state index contributed by atoms with van der Waals surface area (Å²) in [6.45, 7) is 3.71. The SMILES string of the molecule is COc1ccc(/C(C[P+](c2ccccc2)(c2ccccc2)c2ccccc2)=N/OC(C)(C)OC)cc1. The molecule has 0 amide bonds. The van der Waals surface area contributed by atoms with Crippen molar-refractivity contribution in [2.45, 2.75) is 19.6 Å². The van der Waals surface area contributed by atoms with Crippen LogP contribution < -0.4 is 20.7 Å². The van der Waals surface area contributed by atoms with E-state index in [1.165, 1.54) is 15.9 Å². The van der Waals surface area contributed by atoms with Crippen molar-refractivity contribution < 1.29 is 14.3 Å². The fourth-order valence-corrected chi connectivity index (χ4v) is 8.33. The maximum Gasteiger partial charge on any atom is 0.230 e. The summed E-state index contributed by atoms with van der Waals surface area (Å²) in [7, 11) is 1.13. The second-order valence-corrected chi connectivity index (χ2v) is 12.4. The van der Waals surface area contributed by atoms with E-state index in [1.807, 2.05) is 38.1 Å². The van der Waals surface area contributed by atoms with Crippen LogP contribution in [-0.2, 0) is 9.57 Å². The van der Waals surface area contributed by atoms with Crippen LogP contribution in [0.25, 0.3) is 0 Å². The van der Waals surface area contributed by atoms with Crippen LogP contribution in [0.15, 0.2) is 120 Å². The van der Waals surface area contributed by atoms with E-state index in [0.29, 0.717) is 6.16 Å². The number of ether oxygens (including phenoxy) is 2. The lowest BCUT2D eigenvalue weighted by Crippen LogP contribution is -2.36. The van der Waals surface area contributed by atoms with Crippen molar-refractivity contribution in [1.82, 2.24) is 0 Å². The van der Waals surface area contributed by atoms with Gasteiger partial charge in [0.05, 0.1) is 7.11 Å². The van der Waals surface area contributed by atoms with Crippen LogP contribution in [0, 0.1) is 0 Å². The van der Waals surface area contributed by atoms with Gasteiger partial charge in [-0.25, -0.2) is 0 Å². The number of nitrogens with zero attached hydrogens (tertiary/aromatic N) is 1. The zero-order chi connectivity index (χ0) is 25.4. The highest BCUT2D eigenvalue weighted by molar-refractivity contribution is 7.96. The summed E-state index contributed by atoms with van der Waals surface area (Å²) in [5, 5.41) is 8.59. The molecule has 36 heavy (non-hydrogen) atoms. The molecule has 0 aromatic heterocycles. The number of oxime groups is 1. The Labute approximate surface area is 214 Å². The molecular formula is C31H33NO3P+. The van der Waals surface area contributed by atoms with Crippen molar-refractivity contribution in [3.05, 3.63) is 121 Å². The summed E-state index contributed by atoms with van der Waals surface area (Å²) >= 11 is 0. The standard InChI is InChI=1S/C31H33NO3P/c1-31(2,34-4)35-32-30(25-20-22-26(33-3)23-21-25)24-36(27-14-8-5-9-15-27,28-16-10-6-11-17-28)29-18-12-7-13-19-29/h5-23H,24H2,1-4H3/q+1/b32-30+. The van der Waals surface area contributed by atoms with E-state index < -0.39 is 13.0 Å². The fraction of sp³-hybridized carbons (Fsp3) is 0.194. The summed E-state index contributed by atoms with van der Waals surface area (Å²) in [6, 6.07) is 40.3. The molecule has 5 heteroatoms. The number of benzene rings is 4. The van der Waals surface area contributed by atoms with Gasteiger partial charge in [0.25, 0.3) is 0 Å². The predicted octanol–water partition coefficient (Wildman–Crippen LogP) is 5.79. The summed E-state index contributed by atoms with van der Waals surface area (Å²) in [4.78, 5) is 5.96. The molecule has 0 saturated heterocycles. The zero-order valence-corrected chi connectivity index (χ0v) is 22.2. The zero-order valence-electron chi connectivity index (χ0n) is 21.3. The van der Waals surface area contributed by atoms with E-state index in [4.69, 9.17) is 19.5 Å². The third-order valence-electron chi connectivity index (χ3n) is 6.27. The summed E-state index contributed by atoms with van der Waals surface area (Å²) in [5.74, 6) is -0.0584. The Balaban J connectivity index is 1.95. The third kappa shape index (κ3) is 5.67. The van der Waals surface area contributed by atoms with Gasteiger partial charge >= 0.3 is 0 Å². The highest BCUT2D eigenvalue weighted by Gasteiger charge is 2.47. The van der Waals surface area contributed by atoms with Gasteiger partial charge in [-0.3, -0.25) is 0 Å². The van der Waals surface area contributed by atoms with Gasteiger partial charge in [-0.2, -0.15) is 0 Å². The summed E-state index contributed by atoms with van der Waals surface area (Å²) in [6.07, 6.45) is 0.678. The monoisotopic (exact) mass is 498 g/mol. The number of hydrogen-bond acceptors (Lipinski definition) is 4. The van der Waals surface area contributed by atoms with Crippen molar-refractivity contribution in [2.75, 3.05) is 20.4 Å². The van der Waals surface area contributed by atoms with Crippen molar-refractivity contribution in [1.29, 1.82) is 0 Å². The van der Waals surface area contributed by atoms with E-state index in [-0.39, 0.29) is 0 Å². The summed E-state index contributed by atoms with van der Waals surface area (Å²) < 4.78 is 10.9.